The van der Waals surface area contributed by atoms with Gasteiger partial charge in [0, 0.05) is 24.1 Å². The molecule has 0 radical (unpaired) electrons. The number of hydrogen-bond donors (Lipinski definition) is 1. The minimum atomic E-state index is -0.0746. The number of aromatic nitrogens is 2. The predicted octanol–water partition coefficient (Wildman–Crippen LogP) is 3.42. The lowest BCUT2D eigenvalue weighted by Gasteiger charge is -2.04. The predicted molar refractivity (Wildman–Crippen MR) is 98.1 cm³/mol. The molecule has 2 aromatic carbocycles. The van der Waals surface area contributed by atoms with Crippen LogP contribution in [0.25, 0.3) is 11.4 Å². The summed E-state index contributed by atoms with van der Waals surface area (Å²) in [6.45, 7) is 2.54. The van der Waals surface area contributed by atoms with Gasteiger partial charge in [0.05, 0.1) is 7.11 Å². The van der Waals surface area contributed by atoms with Crippen molar-refractivity contribution in [2.45, 2.75) is 19.8 Å². The quantitative estimate of drug-likeness (QED) is 0.660. The fourth-order valence-corrected chi connectivity index (χ4v) is 2.46. The Balaban J connectivity index is 1.47. The summed E-state index contributed by atoms with van der Waals surface area (Å²) in [5.74, 6) is 1.81. The number of nitrogens with zero attached hydrogens (tertiary/aromatic N) is 2. The van der Waals surface area contributed by atoms with E-state index in [9.17, 15) is 4.79 Å². The van der Waals surface area contributed by atoms with Gasteiger partial charge in [0.1, 0.15) is 5.75 Å². The molecule has 0 aliphatic heterocycles. The number of benzene rings is 2. The highest BCUT2D eigenvalue weighted by Gasteiger charge is 2.09. The van der Waals surface area contributed by atoms with Gasteiger partial charge >= 0.3 is 0 Å². The van der Waals surface area contributed by atoms with Crippen LogP contribution in [0, 0.1) is 6.92 Å². The Kier molecular flexibility index (Phi) is 5.63. The van der Waals surface area contributed by atoms with Gasteiger partial charge in [-0.05, 0) is 49.7 Å². The lowest BCUT2D eigenvalue weighted by atomic mass is 10.1. The van der Waals surface area contributed by atoms with Gasteiger partial charge in [0.2, 0.25) is 11.7 Å². The van der Waals surface area contributed by atoms with Crippen molar-refractivity contribution in [1.29, 1.82) is 0 Å². The lowest BCUT2D eigenvalue weighted by molar-refractivity contribution is 0.0953. The van der Waals surface area contributed by atoms with E-state index in [4.69, 9.17) is 9.26 Å². The summed E-state index contributed by atoms with van der Waals surface area (Å²) in [6, 6.07) is 15.0. The Morgan fingerprint density at radius 3 is 2.54 bits per heavy atom. The van der Waals surface area contributed by atoms with Gasteiger partial charge in [-0.1, -0.05) is 22.9 Å². The molecular weight excluding hydrogens is 330 g/mol. The number of amides is 1. The second kappa shape index (κ2) is 8.29. The highest BCUT2D eigenvalue weighted by Crippen LogP contribution is 2.19. The molecule has 0 aliphatic rings. The molecule has 0 unspecified atom stereocenters. The van der Waals surface area contributed by atoms with Crippen molar-refractivity contribution in [2.75, 3.05) is 13.7 Å². The zero-order valence-corrected chi connectivity index (χ0v) is 14.9. The normalized spacial score (nSPS) is 10.5. The van der Waals surface area contributed by atoms with Crippen LogP contribution in [0.4, 0.5) is 0 Å². The Hall–Kier alpha value is -3.15. The summed E-state index contributed by atoms with van der Waals surface area (Å²) in [5.41, 5.74) is 2.66. The average Bonchev–Trinajstić information content (AvgIpc) is 3.14. The maximum atomic E-state index is 12.0. The minimum Gasteiger partial charge on any atom is -0.497 e. The van der Waals surface area contributed by atoms with Crippen LogP contribution in [0.1, 0.15) is 28.2 Å². The third-order valence-electron chi connectivity index (χ3n) is 3.98. The highest BCUT2D eigenvalue weighted by molar-refractivity contribution is 5.94. The second-order valence-corrected chi connectivity index (χ2v) is 5.97. The van der Waals surface area contributed by atoms with Crippen LogP contribution >= 0.6 is 0 Å². The molecule has 0 saturated heterocycles. The summed E-state index contributed by atoms with van der Waals surface area (Å²) in [7, 11) is 1.62. The maximum Gasteiger partial charge on any atom is 0.251 e. The van der Waals surface area contributed by atoms with Gasteiger partial charge in [-0.2, -0.15) is 4.98 Å². The third-order valence-corrected chi connectivity index (χ3v) is 3.98. The first-order valence-corrected chi connectivity index (χ1v) is 8.47. The molecule has 6 heteroatoms. The van der Waals surface area contributed by atoms with Crippen molar-refractivity contribution in [3.8, 4) is 17.1 Å². The van der Waals surface area contributed by atoms with E-state index in [1.165, 1.54) is 0 Å². The Bertz CT molecular complexity index is 855. The van der Waals surface area contributed by atoms with E-state index < -0.39 is 0 Å². The van der Waals surface area contributed by atoms with Gasteiger partial charge in [-0.3, -0.25) is 4.79 Å². The number of methoxy groups -OCH3 is 1. The first kappa shape index (κ1) is 17.7. The van der Waals surface area contributed by atoms with Crippen molar-refractivity contribution in [2.24, 2.45) is 0 Å². The molecule has 6 nitrogen and oxygen atoms in total. The van der Waals surface area contributed by atoms with E-state index >= 15 is 0 Å². The van der Waals surface area contributed by atoms with Gasteiger partial charge in [0.15, 0.2) is 0 Å². The van der Waals surface area contributed by atoms with E-state index in [1.807, 2.05) is 55.5 Å². The number of nitrogens with one attached hydrogen (secondary N) is 1. The molecule has 26 heavy (non-hydrogen) atoms. The molecule has 1 aromatic heterocycles. The van der Waals surface area contributed by atoms with Gasteiger partial charge in [0.25, 0.3) is 5.91 Å². The molecule has 3 aromatic rings. The number of carbonyl (C=O) groups excluding carboxylic acids is 1. The first-order valence-electron chi connectivity index (χ1n) is 8.47. The van der Waals surface area contributed by atoms with Crippen LogP contribution in [0.5, 0.6) is 5.75 Å². The molecule has 0 spiro atoms. The first-order chi connectivity index (χ1) is 12.7. The van der Waals surface area contributed by atoms with E-state index in [2.05, 4.69) is 15.5 Å². The molecule has 1 amide bonds. The summed E-state index contributed by atoms with van der Waals surface area (Å²) in [6.07, 6.45) is 1.33. The van der Waals surface area contributed by atoms with E-state index in [0.717, 1.165) is 23.3 Å². The molecule has 0 atom stereocenters. The van der Waals surface area contributed by atoms with E-state index in [0.29, 0.717) is 30.2 Å². The highest BCUT2D eigenvalue weighted by atomic mass is 16.5. The summed E-state index contributed by atoms with van der Waals surface area (Å²) >= 11 is 0. The fraction of sp³-hybridized carbons (Fsp3) is 0.250. The van der Waals surface area contributed by atoms with Crippen LogP contribution in [0.3, 0.4) is 0 Å². The Morgan fingerprint density at radius 1 is 1.12 bits per heavy atom. The molecule has 1 N–H and O–H groups in total. The van der Waals surface area contributed by atoms with Crippen LogP contribution in [0.15, 0.2) is 53.1 Å². The number of aryl methyl sites for hydroxylation is 2. The standard InChI is InChI=1S/C20H21N3O3/c1-14-5-7-16(8-6-14)20(24)21-13-3-4-18-22-19(23-26-18)15-9-11-17(25-2)12-10-15/h5-12H,3-4,13H2,1-2H3,(H,21,24). The monoisotopic (exact) mass is 351 g/mol. The molecule has 0 bridgehead atoms. The van der Waals surface area contributed by atoms with Crippen molar-refractivity contribution < 1.29 is 14.1 Å². The Morgan fingerprint density at radius 2 is 1.85 bits per heavy atom. The van der Waals surface area contributed by atoms with E-state index in [-0.39, 0.29) is 5.91 Å². The summed E-state index contributed by atoms with van der Waals surface area (Å²) in [4.78, 5) is 16.4. The molecule has 0 saturated carbocycles. The van der Waals surface area contributed by atoms with Gasteiger partial charge in [-0.15, -0.1) is 0 Å². The molecule has 3 rings (SSSR count). The number of hydrogen-bond acceptors (Lipinski definition) is 5. The van der Waals surface area contributed by atoms with E-state index in [1.54, 1.807) is 7.11 Å². The van der Waals surface area contributed by atoms with Crippen molar-refractivity contribution in [3.05, 3.63) is 65.5 Å². The fourth-order valence-electron chi connectivity index (χ4n) is 2.46. The number of carbonyl (C=O) groups is 1. The zero-order valence-electron chi connectivity index (χ0n) is 14.9. The summed E-state index contributed by atoms with van der Waals surface area (Å²) < 4.78 is 10.4. The van der Waals surface area contributed by atoms with Crippen molar-refractivity contribution in [1.82, 2.24) is 15.5 Å². The minimum absolute atomic E-state index is 0.0746. The maximum absolute atomic E-state index is 12.0. The number of ether oxygens (including phenoxy) is 1. The number of rotatable bonds is 7. The van der Waals surface area contributed by atoms with Gasteiger partial charge in [-0.25, -0.2) is 0 Å². The van der Waals surface area contributed by atoms with Crippen molar-refractivity contribution >= 4 is 5.91 Å². The summed E-state index contributed by atoms with van der Waals surface area (Å²) in [5, 5.41) is 6.89. The molecule has 0 fully saturated rings. The van der Waals surface area contributed by atoms with Crippen LogP contribution in [0.2, 0.25) is 0 Å². The molecule has 0 aliphatic carbocycles. The third kappa shape index (κ3) is 4.47. The molecule has 134 valence electrons. The molecule has 1 heterocycles. The lowest BCUT2D eigenvalue weighted by Crippen LogP contribution is -2.24. The van der Waals surface area contributed by atoms with Crippen LogP contribution < -0.4 is 10.1 Å². The zero-order chi connectivity index (χ0) is 18.4. The van der Waals surface area contributed by atoms with Crippen LogP contribution in [-0.2, 0) is 6.42 Å². The molecular formula is C20H21N3O3. The topological polar surface area (TPSA) is 77.3 Å². The SMILES string of the molecule is COc1ccc(-c2noc(CCCNC(=O)c3ccc(C)cc3)n2)cc1. The second-order valence-electron chi connectivity index (χ2n) is 5.97. The average molecular weight is 351 g/mol. The largest absolute Gasteiger partial charge is 0.497 e. The van der Waals surface area contributed by atoms with Crippen molar-refractivity contribution in [3.63, 3.8) is 0 Å². The van der Waals surface area contributed by atoms with Gasteiger partial charge < -0.3 is 14.6 Å². The van der Waals surface area contributed by atoms with Crippen LogP contribution in [-0.4, -0.2) is 29.7 Å². The Labute approximate surface area is 152 Å². The smallest absolute Gasteiger partial charge is 0.251 e.